The molecule has 2 aromatic rings. The van der Waals surface area contributed by atoms with E-state index < -0.39 is 6.10 Å². The summed E-state index contributed by atoms with van der Waals surface area (Å²) in [7, 11) is 0. The molecular formula is C21H21FN2O2. The molecule has 1 amide bonds. The van der Waals surface area contributed by atoms with Gasteiger partial charge in [-0.3, -0.25) is 4.79 Å². The van der Waals surface area contributed by atoms with Crippen LogP contribution in [0.5, 0.6) is 0 Å². The summed E-state index contributed by atoms with van der Waals surface area (Å²) in [4.78, 5) is 18.6. The van der Waals surface area contributed by atoms with E-state index in [0.29, 0.717) is 36.3 Å². The van der Waals surface area contributed by atoms with Gasteiger partial charge in [-0.15, -0.1) is 0 Å². The van der Waals surface area contributed by atoms with Crippen molar-refractivity contribution in [1.29, 1.82) is 0 Å². The van der Waals surface area contributed by atoms with E-state index >= 15 is 0 Å². The van der Waals surface area contributed by atoms with Crippen LogP contribution in [0.3, 0.4) is 0 Å². The Morgan fingerprint density at radius 3 is 2.69 bits per heavy atom. The number of hydrogen-bond donors (Lipinski definition) is 1. The van der Waals surface area contributed by atoms with Gasteiger partial charge in [-0.05, 0) is 36.8 Å². The lowest BCUT2D eigenvalue weighted by Gasteiger charge is -2.41. The summed E-state index contributed by atoms with van der Waals surface area (Å²) < 4.78 is 13.2. The lowest BCUT2D eigenvalue weighted by Crippen LogP contribution is -2.50. The highest BCUT2D eigenvalue weighted by Crippen LogP contribution is 2.29. The molecule has 0 spiro atoms. The van der Waals surface area contributed by atoms with Gasteiger partial charge in [0.05, 0.1) is 6.10 Å². The number of carbonyl (C=O) groups excluding carboxylic acids is 1. The summed E-state index contributed by atoms with van der Waals surface area (Å²) in [5.41, 5.74) is 1.26. The van der Waals surface area contributed by atoms with Gasteiger partial charge in [-0.2, -0.15) is 0 Å². The van der Waals surface area contributed by atoms with Crippen molar-refractivity contribution in [3.63, 3.8) is 0 Å². The molecule has 26 heavy (non-hydrogen) atoms. The Kier molecular flexibility index (Phi) is 5.06. The zero-order valence-electron chi connectivity index (χ0n) is 14.9. The highest BCUT2D eigenvalue weighted by Gasteiger charge is 2.36. The molecule has 1 aromatic heterocycles. The molecule has 1 atom stereocenters. The third kappa shape index (κ3) is 4.09. The maximum absolute atomic E-state index is 13.2. The summed E-state index contributed by atoms with van der Waals surface area (Å²) in [5, 5.41) is 10.0. The zero-order chi connectivity index (χ0) is 18.7. The summed E-state index contributed by atoms with van der Waals surface area (Å²) in [6.45, 7) is 4.92. The molecule has 1 N–H and O–H groups in total. The van der Waals surface area contributed by atoms with Gasteiger partial charge in [0, 0.05) is 35.8 Å². The van der Waals surface area contributed by atoms with E-state index in [1.165, 1.54) is 12.1 Å². The summed E-state index contributed by atoms with van der Waals surface area (Å²) in [6.07, 6.45) is 1.71. The van der Waals surface area contributed by atoms with Crippen LogP contribution in [0.2, 0.25) is 0 Å². The third-order valence-electron chi connectivity index (χ3n) is 4.62. The van der Waals surface area contributed by atoms with Crippen LogP contribution >= 0.6 is 0 Å². The topological polar surface area (TPSA) is 53.4 Å². The van der Waals surface area contributed by atoms with Gasteiger partial charge in [-0.1, -0.05) is 31.8 Å². The van der Waals surface area contributed by atoms with Crippen molar-refractivity contribution >= 4 is 5.91 Å². The van der Waals surface area contributed by atoms with E-state index in [1.54, 1.807) is 35.4 Å². The molecule has 5 heteroatoms. The van der Waals surface area contributed by atoms with Crippen LogP contribution in [-0.4, -0.2) is 40.1 Å². The van der Waals surface area contributed by atoms with Crippen LogP contribution in [0, 0.1) is 23.1 Å². The molecule has 1 aromatic carbocycles. The minimum atomic E-state index is -0.403. The number of halogens is 1. The number of piperidine rings is 1. The second kappa shape index (κ2) is 7.27. The quantitative estimate of drug-likeness (QED) is 0.803. The molecule has 0 radical (unpaired) electrons. The normalized spacial score (nSPS) is 18.8. The first kappa shape index (κ1) is 18.1. The molecular weight excluding hydrogens is 331 g/mol. The Balaban J connectivity index is 1.71. The number of aliphatic hydroxyl groups excluding tert-OH is 1. The first-order valence-electron chi connectivity index (χ1n) is 8.56. The first-order chi connectivity index (χ1) is 12.3. The number of rotatable bonds is 1. The number of aromatic nitrogens is 1. The van der Waals surface area contributed by atoms with E-state index in [2.05, 4.69) is 16.8 Å². The standard InChI is InChI=1S/C21H21FN2O2/c1-21(2)14-24(11-10-19(21)25)20(26)18-9-8-16(13-23-18)7-6-15-4-3-5-17(22)12-15/h3-5,8-9,12-13,19,25H,10-11,14H2,1-2H3. The minimum absolute atomic E-state index is 0.144. The molecule has 2 heterocycles. The lowest BCUT2D eigenvalue weighted by atomic mass is 9.81. The SMILES string of the molecule is CC1(C)CN(C(=O)c2ccc(C#Cc3cccc(F)c3)cn2)CCC1O. The van der Waals surface area contributed by atoms with E-state index in [1.807, 2.05) is 13.8 Å². The second-order valence-electron chi connectivity index (χ2n) is 7.21. The number of pyridine rings is 1. The number of amides is 1. The van der Waals surface area contributed by atoms with E-state index in [9.17, 15) is 14.3 Å². The number of carbonyl (C=O) groups is 1. The van der Waals surface area contributed by atoms with Crippen molar-refractivity contribution in [3.05, 3.63) is 65.2 Å². The molecule has 0 saturated carbocycles. The lowest BCUT2D eigenvalue weighted by molar-refractivity contribution is -0.0184. The highest BCUT2D eigenvalue weighted by molar-refractivity contribution is 5.92. The van der Waals surface area contributed by atoms with Gasteiger partial charge in [-0.25, -0.2) is 9.37 Å². The number of nitrogens with zero attached hydrogens (tertiary/aromatic N) is 2. The Labute approximate surface area is 152 Å². The average Bonchev–Trinajstić information content (AvgIpc) is 2.62. The monoisotopic (exact) mass is 352 g/mol. The summed E-state index contributed by atoms with van der Waals surface area (Å²) in [5.74, 6) is 5.32. The maximum Gasteiger partial charge on any atom is 0.272 e. The van der Waals surface area contributed by atoms with Crippen LogP contribution in [0.1, 0.15) is 41.9 Å². The minimum Gasteiger partial charge on any atom is -0.392 e. The molecule has 3 rings (SSSR count). The smallest absolute Gasteiger partial charge is 0.272 e. The van der Waals surface area contributed by atoms with Crippen LogP contribution in [0.15, 0.2) is 42.6 Å². The fourth-order valence-electron chi connectivity index (χ4n) is 2.99. The zero-order valence-corrected chi connectivity index (χ0v) is 14.9. The van der Waals surface area contributed by atoms with Crippen molar-refractivity contribution in [2.24, 2.45) is 5.41 Å². The Morgan fingerprint density at radius 1 is 1.27 bits per heavy atom. The van der Waals surface area contributed by atoms with Crippen LogP contribution in [0.25, 0.3) is 0 Å². The van der Waals surface area contributed by atoms with Gasteiger partial charge in [0.2, 0.25) is 0 Å². The molecule has 1 aliphatic heterocycles. The summed E-state index contributed by atoms with van der Waals surface area (Å²) >= 11 is 0. The number of hydrogen-bond acceptors (Lipinski definition) is 3. The van der Waals surface area contributed by atoms with Crippen molar-refractivity contribution in [2.45, 2.75) is 26.4 Å². The summed E-state index contributed by atoms with van der Waals surface area (Å²) in [6, 6.07) is 9.45. The van der Waals surface area contributed by atoms with E-state index in [4.69, 9.17) is 0 Å². The van der Waals surface area contributed by atoms with Crippen molar-refractivity contribution < 1.29 is 14.3 Å². The number of aliphatic hydroxyl groups is 1. The van der Waals surface area contributed by atoms with Gasteiger partial charge in [0.15, 0.2) is 0 Å². The van der Waals surface area contributed by atoms with Crippen LogP contribution in [-0.2, 0) is 0 Å². The fraction of sp³-hybridized carbons (Fsp3) is 0.333. The van der Waals surface area contributed by atoms with Gasteiger partial charge < -0.3 is 10.0 Å². The third-order valence-corrected chi connectivity index (χ3v) is 4.62. The molecule has 1 aliphatic rings. The van der Waals surface area contributed by atoms with Crippen LogP contribution < -0.4 is 0 Å². The first-order valence-corrected chi connectivity index (χ1v) is 8.56. The van der Waals surface area contributed by atoms with E-state index in [-0.39, 0.29) is 17.1 Å². The largest absolute Gasteiger partial charge is 0.392 e. The molecule has 1 unspecified atom stereocenters. The maximum atomic E-state index is 13.2. The number of likely N-dealkylation sites (tertiary alicyclic amines) is 1. The molecule has 4 nitrogen and oxygen atoms in total. The van der Waals surface area contributed by atoms with Crippen LogP contribution in [0.4, 0.5) is 4.39 Å². The predicted octanol–water partition coefficient (Wildman–Crippen LogP) is 2.85. The Bertz CT molecular complexity index is 866. The molecule has 1 fully saturated rings. The van der Waals surface area contributed by atoms with Crippen molar-refractivity contribution in [3.8, 4) is 11.8 Å². The van der Waals surface area contributed by atoms with Gasteiger partial charge >= 0.3 is 0 Å². The molecule has 0 bridgehead atoms. The van der Waals surface area contributed by atoms with Crippen molar-refractivity contribution in [2.75, 3.05) is 13.1 Å². The highest BCUT2D eigenvalue weighted by atomic mass is 19.1. The Morgan fingerprint density at radius 2 is 2.04 bits per heavy atom. The molecule has 134 valence electrons. The van der Waals surface area contributed by atoms with Crippen molar-refractivity contribution in [1.82, 2.24) is 9.88 Å². The van der Waals surface area contributed by atoms with E-state index in [0.717, 1.165) is 0 Å². The van der Waals surface area contributed by atoms with Gasteiger partial charge in [0.1, 0.15) is 11.5 Å². The second-order valence-corrected chi connectivity index (χ2v) is 7.21. The average molecular weight is 352 g/mol. The predicted molar refractivity (Wildman–Crippen MR) is 96.9 cm³/mol. The van der Waals surface area contributed by atoms with Gasteiger partial charge in [0.25, 0.3) is 5.91 Å². The Hall–Kier alpha value is -2.71. The molecule has 0 aliphatic carbocycles. The number of benzene rings is 1. The fourth-order valence-corrected chi connectivity index (χ4v) is 2.99. The molecule has 1 saturated heterocycles.